The molecule has 20 heavy (non-hydrogen) atoms. The number of pyridine rings is 1. The van der Waals surface area contributed by atoms with Gasteiger partial charge in [-0.1, -0.05) is 6.07 Å². The minimum absolute atomic E-state index is 0.179. The number of aromatic nitrogens is 1. The Hall–Kier alpha value is -1.44. The molecule has 0 saturated heterocycles. The molecule has 0 radical (unpaired) electrons. The van der Waals surface area contributed by atoms with Crippen molar-refractivity contribution in [3.05, 3.63) is 52.8 Å². The first-order chi connectivity index (χ1) is 9.49. The van der Waals surface area contributed by atoms with Crippen LogP contribution in [0.4, 0.5) is 5.69 Å². The molecule has 0 aliphatic heterocycles. The van der Waals surface area contributed by atoms with Gasteiger partial charge in [-0.3, -0.25) is 4.98 Å². The Balaban J connectivity index is 2.04. The van der Waals surface area contributed by atoms with Gasteiger partial charge >= 0.3 is 0 Å². The summed E-state index contributed by atoms with van der Waals surface area (Å²) in [6, 6.07) is 8.32. The third-order valence-electron chi connectivity index (χ3n) is 2.67. The van der Waals surface area contributed by atoms with Crippen molar-refractivity contribution in [2.75, 3.05) is 12.3 Å². The highest BCUT2D eigenvalue weighted by Crippen LogP contribution is 2.23. The Morgan fingerprint density at radius 2 is 2.10 bits per heavy atom. The van der Waals surface area contributed by atoms with Gasteiger partial charge in [0.05, 0.1) is 4.90 Å². The second-order valence-electron chi connectivity index (χ2n) is 4.20. The fourth-order valence-corrected chi connectivity index (χ4v) is 3.81. The molecule has 0 spiro atoms. The molecule has 1 aromatic heterocycles. The van der Waals surface area contributed by atoms with E-state index >= 15 is 0 Å². The van der Waals surface area contributed by atoms with Crippen molar-refractivity contribution in [3.63, 3.8) is 0 Å². The maximum Gasteiger partial charge on any atom is 0.241 e. The van der Waals surface area contributed by atoms with Gasteiger partial charge in [0, 0.05) is 29.1 Å². The third-order valence-corrected chi connectivity index (χ3v) is 5.11. The quantitative estimate of drug-likeness (QED) is 0.802. The summed E-state index contributed by atoms with van der Waals surface area (Å²) in [5.41, 5.74) is 7.08. The third kappa shape index (κ3) is 3.78. The molecule has 1 heterocycles. The average Bonchev–Trinajstić information content (AvgIpc) is 2.39. The van der Waals surface area contributed by atoms with Crippen molar-refractivity contribution in [2.24, 2.45) is 0 Å². The average molecular weight is 356 g/mol. The van der Waals surface area contributed by atoms with Crippen LogP contribution in [0.5, 0.6) is 0 Å². The Bertz CT molecular complexity index is 690. The monoisotopic (exact) mass is 355 g/mol. The number of rotatable bonds is 5. The molecule has 1 aromatic carbocycles. The number of halogens is 1. The Labute approximate surface area is 126 Å². The Kier molecular flexibility index (Phi) is 4.74. The Morgan fingerprint density at radius 1 is 1.30 bits per heavy atom. The molecule has 0 atom stereocenters. The smallest absolute Gasteiger partial charge is 0.241 e. The molecule has 0 amide bonds. The van der Waals surface area contributed by atoms with E-state index in [0.717, 1.165) is 5.56 Å². The van der Waals surface area contributed by atoms with Gasteiger partial charge < -0.3 is 5.73 Å². The van der Waals surface area contributed by atoms with Gasteiger partial charge in [0.25, 0.3) is 0 Å². The number of nitrogens with one attached hydrogen (secondary N) is 1. The summed E-state index contributed by atoms with van der Waals surface area (Å²) < 4.78 is 27.3. The number of benzene rings is 1. The van der Waals surface area contributed by atoms with Crippen molar-refractivity contribution in [1.82, 2.24) is 9.71 Å². The van der Waals surface area contributed by atoms with E-state index in [1.165, 1.54) is 6.07 Å². The minimum Gasteiger partial charge on any atom is -0.399 e. The van der Waals surface area contributed by atoms with Crippen LogP contribution in [0.2, 0.25) is 0 Å². The molecule has 0 fully saturated rings. The lowest BCUT2D eigenvalue weighted by molar-refractivity contribution is 0.581. The van der Waals surface area contributed by atoms with Crippen LogP contribution in [0.15, 0.2) is 52.1 Å². The van der Waals surface area contributed by atoms with Crippen molar-refractivity contribution in [2.45, 2.75) is 11.3 Å². The van der Waals surface area contributed by atoms with Crippen molar-refractivity contribution < 1.29 is 8.42 Å². The number of nitrogens with two attached hydrogens (primary N) is 1. The van der Waals surface area contributed by atoms with E-state index in [2.05, 4.69) is 25.6 Å². The second kappa shape index (κ2) is 6.34. The normalized spacial score (nSPS) is 11.4. The topological polar surface area (TPSA) is 85.1 Å². The summed E-state index contributed by atoms with van der Waals surface area (Å²) in [4.78, 5) is 4.16. The van der Waals surface area contributed by atoms with E-state index in [1.807, 2.05) is 12.1 Å². The fourth-order valence-electron chi connectivity index (χ4n) is 1.69. The maximum absolute atomic E-state index is 12.2. The highest BCUT2D eigenvalue weighted by Gasteiger charge is 2.16. The molecule has 106 valence electrons. The van der Waals surface area contributed by atoms with Crippen LogP contribution in [0.3, 0.4) is 0 Å². The van der Waals surface area contributed by atoms with Crippen LogP contribution in [0.1, 0.15) is 5.56 Å². The zero-order valence-electron chi connectivity index (χ0n) is 10.6. The molecule has 0 saturated carbocycles. The molecule has 2 rings (SSSR count). The number of hydrogen-bond acceptors (Lipinski definition) is 4. The Morgan fingerprint density at radius 3 is 2.75 bits per heavy atom. The first-order valence-corrected chi connectivity index (χ1v) is 8.20. The zero-order chi connectivity index (χ0) is 14.6. The summed E-state index contributed by atoms with van der Waals surface area (Å²) in [5.74, 6) is 0. The second-order valence-corrected chi connectivity index (χ2v) is 6.79. The van der Waals surface area contributed by atoms with Crippen LogP contribution < -0.4 is 10.5 Å². The largest absolute Gasteiger partial charge is 0.399 e. The molecule has 3 N–H and O–H groups in total. The van der Waals surface area contributed by atoms with E-state index in [9.17, 15) is 8.42 Å². The van der Waals surface area contributed by atoms with Crippen LogP contribution in [0.25, 0.3) is 0 Å². The lowest BCUT2D eigenvalue weighted by Crippen LogP contribution is -2.26. The van der Waals surface area contributed by atoms with E-state index in [0.29, 0.717) is 23.1 Å². The minimum atomic E-state index is -3.55. The van der Waals surface area contributed by atoms with E-state index in [4.69, 9.17) is 5.73 Å². The summed E-state index contributed by atoms with van der Waals surface area (Å²) >= 11 is 3.21. The molecular weight excluding hydrogens is 342 g/mol. The van der Waals surface area contributed by atoms with Gasteiger partial charge in [0.15, 0.2) is 0 Å². The van der Waals surface area contributed by atoms with Crippen LogP contribution in [0, 0.1) is 0 Å². The van der Waals surface area contributed by atoms with Crippen molar-refractivity contribution in [3.8, 4) is 0 Å². The van der Waals surface area contributed by atoms with Crippen LogP contribution >= 0.6 is 15.9 Å². The van der Waals surface area contributed by atoms with Gasteiger partial charge in [-0.05, 0) is 52.2 Å². The van der Waals surface area contributed by atoms with Gasteiger partial charge in [0.1, 0.15) is 0 Å². The van der Waals surface area contributed by atoms with E-state index < -0.39 is 10.0 Å². The first kappa shape index (κ1) is 15.0. The zero-order valence-corrected chi connectivity index (χ0v) is 13.0. The SMILES string of the molecule is Nc1ccc(S(=O)(=O)NCCc2cccnc2)c(Br)c1. The van der Waals surface area contributed by atoms with Crippen LogP contribution in [-0.2, 0) is 16.4 Å². The summed E-state index contributed by atoms with van der Waals surface area (Å²) in [5, 5.41) is 0. The van der Waals surface area contributed by atoms with E-state index in [-0.39, 0.29) is 4.90 Å². The predicted molar refractivity (Wildman–Crippen MR) is 81.7 cm³/mol. The standard InChI is InChI=1S/C13H14BrN3O2S/c14-12-8-11(15)3-4-13(12)20(18,19)17-7-5-10-2-1-6-16-9-10/h1-4,6,8-9,17H,5,7,15H2. The molecule has 0 unspecified atom stereocenters. The van der Waals surface area contributed by atoms with Gasteiger partial charge in [-0.15, -0.1) is 0 Å². The van der Waals surface area contributed by atoms with E-state index in [1.54, 1.807) is 24.5 Å². The predicted octanol–water partition coefficient (Wildman–Crippen LogP) is 1.95. The number of nitrogens with zero attached hydrogens (tertiary/aromatic N) is 1. The highest BCUT2D eigenvalue weighted by atomic mass is 79.9. The number of nitrogen functional groups attached to an aromatic ring is 1. The lowest BCUT2D eigenvalue weighted by Gasteiger charge is -2.09. The molecule has 0 aliphatic rings. The molecule has 5 nitrogen and oxygen atoms in total. The number of sulfonamides is 1. The number of anilines is 1. The lowest BCUT2D eigenvalue weighted by atomic mass is 10.2. The fraction of sp³-hybridized carbons (Fsp3) is 0.154. The highest BCUT2D eigenvalue weighted by molar-refractivity contribution is 9.10. The molecule has 0 aliphatic carbocycles. The van der Waals surface area contributed by atoms with Gasteiger partial charge in [-0.2, -0.15) is 0 Å². The summed E-state index contributed by atoms with van der Waals surface area (Å²) in [7, 11) is -3.55. The molecule has 2 aromatic rings. The van der Waals surface area contributed by atoms with Crippen molar-refractivity contribution >= 4 is 31.6 Å². The van der Waals surface area contributed by atoms with Crippen molar-refractivity contribution in [1.29, 1.82) is 0 Å². The van der Waals surface area contributed by atoms with Gasteiger partial charge in [0.2, 0.25) is 10.0 Å². The maximum atomic E-state index is 12.2. The van der Waals surface area contributed by atoms with Gasteiger partial charge in [-0.25, -0.2) is 13.1 Å². The summed E-state index contributed by atoms with van der Waals surface area (Å²) in [6.45, 7) is 0.310. The van der Waals surface area contributed by atoms with Crippen LogP contribution in [-0.4, -0.2) is 19.9 Å². The molecule has 7 heteroatoms. The number of hydrogen-bond donors (Lipinski definition) is 2. The molecule has 0 bridgehead atoms. The first-order valence-electron chi connectivity index (χ1n) is 5.92. The summed E-state index contributed by atoms with van der Waals surface area (Å²) in [6.07, 6.45) is 3.98. The molecular formula is C13H14BrN3O2S.